The zero-order chi connectivity index (χ0) is 40.7. The number of likely N-dealkylation sites (N-methyl/N-ethyl adjacent to an activating group) is 1. The molecular formula is C39H50N3O13PS. The van der Waals surface area contributed by atoms with Crippen molar-refractivity contribution in [1.82, 2.24) is 14.5 Å². The summed E-state index contributed by atoms with van der Waals surface area (Å²) in [5.41, 5.74) is 1.40. The Hall–Kier alpha value is -4.06. The maximum atomic E-state index is 14.1. The van der Waals surface area contributed by atoms with E-state index in [9.17, 15) is 27.7 Å². The van der Waals surface area contributed by atoms with Crippen LogP contribution < -0.4 is 19.9 Å². The zero-order valence-electron chi connectivity index (χ0n) is 32.4. The summed E-state index contributed by atoms with van der Waals surface area (Å²) in [5, 5.41) is 14.7. The number of carbonyl (C=O) groups excluding carboxylic acids is 2. The zero-order valence-corrected chi connectivity index (χ0v) is 34.1. The van der Waals surface area contributed by atoms with Gasteiger partial charge in [0, 0.05) is 26.2 Å². The molecule has 2 fully saturated rings. The second kappa shape index (κ2) is 18.7. The SMILES string of the molecule is CCOC(=O)COP(=O)(Oc1ccccc1)c1ccc(CN(C)C[C@H](NC(=O)O[C@H]2CO[C@H]3OCC[C@H]32)[C@H](O)CN2CC(C)c3cc(OC)ccc3S2(=O)=O)cc1. The summed E-state index contributed by atoms with van der Waals surface area (Å²) >= 11 is 0. The van der Waals surface area contributed by atoms with Crippen LogP contribution in [0.1, 0.15) is 37.3 Å². The Morgan fingerprint density at radius 3 is 2.54 bits per heavy atom. The van der Waals surface area contributed by atoms with E-state index in [0.717, 1.165) is 5.56 Å². The van der Waals surface area contributed by atoms with Crippen molar-refractivity contribution in [3.8, 4) is 11.5 Å². The molecule has 2 unspecified atom stereocenters. The minimum atomic E-state index is -4.04. The first-order valence-electron chi connectivity index (χ1n) is 18.8. The monoisotopic (exact) mass is 831 g/mol. The van der Waals surface area contributed by atoms with Gasteiger partial charge < -0.3 is 38.6 Å². The lowest BCUT2D eigenvalue weighted by molar-refractivity contribution is -0.145. The van der Waals surface area contributed by atoms with Crippen molar-refractivity contribution in [2.24, 2.45) is 5.92 Å². The fourth-order valence-electron chi connectivity index (χ4n) is 7.17. The predicted molar refractivity (Wildman–Crippen MR) is 207 cm³/mol. The summed E-state index contributed by atoms with van der Waals surface area (Å²) in [5.74, 6) is -0.150. The molecule has 2 saturated heterocycles. The number of sulfonamides is 1. The molecule has 3 aromatic carbocycles. The number of hydrogen-bond donors (Lipinski definition) is 2. The van der Waals surface area contributed by atoms with Gasteiger partial charge in [-0.05, 0) is 79.9 Å². The van der Waals surface area contributed by atoms with E-state index in [1.807, 2.05) is 11.8 Å². The summed E-state index contributed by atoms with van der Waals surface area (Å²) < 4.78 is 81.4. The molecule has 2 N–H and O–H groups in total. The number of amides is 1. The lowest BCUT2D eigenvalue weighted by Crippen LogP contribution is -2.55. The lowest BCUT2D eigenvalue weighted by Gasteiger charge is -2.36. The number of esters is 1. The predicted octanol–water partition coefficient (Wildman–Crippen LogP) is 3.63. The summed E-state index contributed by atoms with van der Waals surface area (Å²) in [6, 6.07) is 18.9. The van der Waals surface area contributed by atoms with Crippen LogP contribution in [0.5, 0.6) is 11.5 Å². The molecule has 0 radical (unpaired) electrons. The molecule has 3 aliphatic rings. The molecule has 7 atom stereocenters. The Morgan fingerprint density at radius 2 is 1.82 bits per heavy atom. The third-order valence-electron chi connectivity index (χ3n) is 10.1. The van der Waals surface area contributed by atoms with Crippen molar-refractivity contribution in [3.63, 3.8) is 0 Å². The third-order valence-corrected chi connectivity index (χ3v) is 13.8. The van der Waals surface area contributed by atoms with Crippen LogP contribution in [0.3, 0.4) is 0 Å². The van der Waals surface area contributed by atoms with Crippen LogP contribution in [0, 0.1) is 5.92 Å². The van der Waals surface area contributed by atoms with Gasteiger partial charge in [0.2, 0.25) is 10.0 Å². The number of aliphatic hydroxyl groups is 1. The Labute approximate surface area is 332 Å². The molecule has 0 bridgehead atoms. The van der Waals surface area contributed by atoms with Crippen LogP contribution in [0.4, 0.5) is 4.79 Å². The Bertz CT molecular complexity index is 2010. The molecular weight excluding hydrogens is 781 g/mol. The second-order valence-electron chi connectivity index (χ2n) is 14.3. The van der Waals surface area contributed by atoms with Gasteiger partial charge in [-0.25, -0.2) is 22.6 Å². The summed E-state index contributed by atoms with van der Waals surface area (Å²) in [6.45, 7) is 4.00. The van der Waals surface area contributed by atoms with Crippen LogP contribution in [0.25, 0.3) is 0 Å². The molecule has 18 heteroatoms. The quantitative estimate of drug-likeness (QED) is 0.148. The number of hydrogen-bond acceptors (Lipinski definition) is 14. The van der Waals surface area contributed by atoms with E-state index in [0.29, 0.717) is 30.9 Å². The number of carbonyl (C=O) groups is 2. The molecule has 0 aromatic heterocycles. The molecule has 57 heavy (non-hydrogen) atoms. The number of rotatable bonds is 17. The standard InChI is InChI=1S/C39H50N3O13PS/c1-5-50-37(44)25-53-56(46,55-28-9-7-6-8-10-28)30-14-11-27(12-15-30)21-41(3)22-33(40-39(45)54-35-24-52-38-31(35)17-18-51-38)34(43)23-42-20-26(2)32-19-29(49-4)13-16-36(32)57(42,47)48/h6-16,19,26,31,33-35,38,43H,5,17-18,20-25H2,1-4H3,(H,40,45)/t26?,31-,33-,34+,35-,38+,56?/m0/s1. The van der Waals surface area contributed by atoms with E-state index in [1.165, 1.54) is 17.5 Å². The number of methoxy groups -OCH3 is 1. The van der Waals surface area contributed by atoms with Crippen molar-refractivity contribution < 1.29 is 60.4 Å². The number of aliphatic hydroxyl groups excluding tert-OH is 1. The molecule has 3 heterocycles. The number of nitrogens with one attached hydrogen (secondary N) is 1. The average molecular weight is 832 g/mol. The second-order valence-corrected chi connectivity index (χ2v) is 18.1. The van der Waals surface area contributed by atoms with E-state index >= 15 is 0 Å². The van der Waals surface area contributed by atoms with E-state index in [1.54, 1.807) is 80.7 Å². The summed E-state index contributed by atoms with van der Waals surface area (Å²) in [6.07, 6.45) is -2.41. The number of fused-ring (bicyclic) bond motifs is 2. The van der Waals surface area contributed by atoms with Gasteiger partial charge in [-0.1, -0.05) is 37.3 Å². The van der Waals surface area contributed by atoms with Crippen molar-refractivity contribution in [1.29, 1.82) is 0 Å². The van der Waals surface area contributed by atoms with Crippen LogP contribution in [0.15, 0.2) is 77.7 Å². The van der Waals surface area contributed by atoms with Crippen molar-refractivity contribution in [3.05, 3.63) is 83.9 Å². The lowest BCUT2D eigenvalue weighted by atomic mass is 10.00. The molecule has 6 rings (SSSR count). The largest absolute Gasteiger partial charge is 0.497 e. The first-order chi connectivity index (χ1) is 27.3. The topological polar surface area (TPSA) is 189 Å². The number of β-amino-alcohol motifs (C(OH)–C–C–N with tert-alkyl or cyclic N) is 1. The van der Waals surface area contributed by atoms with Crippen LogP contribution in [-0.4, -0.2) is 120 Å². The minimum absolute atomic E-state index is 0.0871. The van der Waals surface area contributed by atoms with Crippen molar-refractivity contribution >= 4 is 35.0 Å². The van der Waals surface area contributed by atoms with Gasteiger partial charge in [-0.3, -0.25) is 9.42 Å². The molecule has 0 saturated carbocycles. The maximum absolute atomic E-state index is 14.1. The van der Waals surface area contributed by atoms with E-state index in [4.69, 9.17) is 32.7 Å². The van der Waals surface area contributed by atoms with Crippen LogP contribution in [-0.2, 0) is 49.4 Å². The number of benzene rings is 3. The molecule has 16 nitrogen and oxygen atoms in total. The van der Waals surface area contributed by atoms with Crippen molar-refractivity contribution in [2.45, 2.75) is 62.2 Å². The van der Waals surface area contributed by atoms with Gasteiger partial charge in [0.25, 0.3) is 0 Å². The van der Waals surface area contributed by atoms with Crippen molar-refractivity contribution in [2.75, 3.05) is 60.2 Å². The van der Waals surface area contributed by atoms with E-state index in [2.05, 4.69) is 5.32 Å². The summed E-state index contributed by atoms with van der Waals surface area (Å²) in [7, 11) is -4.74. The maximum Gasteiger partial charge on any atom is 0.411 e. The number of nitrogens with zero attached hydrogens (tertiary/aromatic N) is 2. The highest BCUT2D eigenvalue weighted by Gasteiger charge is 2.44. The molecule has 0 aliphatic carbocycles. The van der Waals surface area contributed by atoms with E-state index < -0.39 is 60.8 Å². The number of para-hydroxylation sites is 1. The molecule has 3 aliphatic heterocycles. The van der Waals surface area contributed by atoms with Crippen LogP contribution in [0.2, 0.25) is 0 Å². The normalized spacial score (nSPS) is 23.4. The highest BCUT2D eigenvalue weighted by atomic mass is 32.2. The molecule has 1 amide bonds. The highest BCUT2D eigenvalue weighted by molar-refractivity contribution is 7.89. The fourth-order valence-corrected chi connectivity index (χ4v) is 10.5. The van der Waals surface area contributed by atoms with Gasteiger partial charge in [0.1, 0.15) is 17.6 Å². The molecule has 3 aromatic rings. The van der Waals surface area contributed by atoms with Gasteiger partial charge in [-0.2, -0.15) is 4.31 Å². The first kappa shape index (κ1) is 42.5. The van der Waals surface area contributed by atoms with Gasteiger partial charge in [-0.15, -0.1) is 0 Å². The average Bonchev–Trinajstić information content (AvgIpc) is 3.82. The smallest absolute Gasteiger partial charge is 0.411 e. The molecule has 310 valence electrons. The van der Waals surface area contributed by atoms with Gasteiger partial charge >= 0.3 is 19.7 Å². The third kappa shape index (κ3) is 10.3. The van der Waals surface area contributed by atoms with Crippen LogP contribution >= 0.6 is 7.60 Å². The Kier molecular flexibility index (Phi) is 13.9. The number of alkyl carbamates (subject to hydrolysis) is 1. The van der Waals surface area contributed by atoms with E-state index in [-0.39, 0.29) is 60.6 Å². The fraction of sp³-hybridized carbons (Fsp3) is 0.487. The Morgan fingerprint density at radius 1 is 1.07 bits per heavy atom. The first-order valence-corrected chi connectivity index (χ1v) is 21.8. The van der Waals surface area contributed by atoms with Gasteiger partial charge in [0.15, 0.2) is 12.9 Å². The van der Waals surface area contributed by atoms with Gasteiger partial charge in [0.05, 0.1) is 55.2 Å². The number of ether oxygens (including phenoxy) is 5. The summed E-state index contributed by atoms with van der Waals surface area (Å²) in [4.78, 5) is 27.4. The Balaban J connectivity index is 1.16. The molecule has 0 spiro atoms. The highest BCUT2D eigenvalue weighted by Crippen LogP contribution is 2.47. The minimum Gasteiger partial charge on any atom is -0.497 e.